The summed E-state index contributed by atoms with van der Waals surface area (Å²) in [5.41, 5.74) is -1.99. The van der Waals surface area contributed by atoms with Gasteiger partial charge in [0, 0.05) is 64.3 Å². The Bertz CT molecular complexity index is 4390. The molecule has 0 bridgehead atoms. The van der Waals surface area contributed by atoms with Crippen LogP contribution in [0.4, 0.5) is 0 Å². The van der Waals surface area contributed by atoms with Crippen molar-refractivity contribution in [3.63, 3.8) is 0 Å². The van der Waals surface area contributed by atoms with Crippen LogP contribution < -0.4 is 0 Å². The quantitative estimate of drug-likeness (QED) is 0.0408. The molecule has 0 aromatic carbocycles. The van der Waals surface area contributed by atoms with E-state index in [1.807, 2.05) is 141 Å². The maximum absolute atomic E-state index is 11.9. The fourth-order valence-electron chi connectivity index (χ4n) is 12.8. The van der Waals surface area contributed by atoms with Crippen molar-refractivity contribution >= 4 is 107 Å². The number of aliphatic hydroxyl groups is 3. The molecule has 0 radical (unpaired) electrons. The molecule has 10 rings (SSSR count). The molecule has 10 aliphatic heterocycles. The van der Waals surface area contributed by atoms with E-state index in [9.17, 15) is 105 Å². The lowest BCUT2D eigenvalue weighted by Gasteiger charge is -2.37. The molecule has 0 aromatic heterocycles. The van der Waals surface area contributed by atoms with E-state index in [0.29, 0.717) is 92.0 Å². The summed E-state index contributed by atoms with van der Waals surface area (Å²) >= 11 is 0. The highest BCUT2D eigenvalue weighted by Crippen LogP contribution is 2.45. The van der Waals surface area contributed by atoms with Gasteiger partial charge in [-0.2, -0.15) is 25.3 Å². The van der Waals surface area contributed by atoms with E-state index in [1.165, 1.54) is 79.4 Å². The maximum atomic E-state index is 11.9. The van der Waals surface area contributed by atoms with Crippen LogP contribution in [0.3, 0.4) is 0 Å². The minimum Gasteiger partial charge on any atom is -0.390 e. The van der Waals surface area contributed by atoms with Gasteiger partial charge in [0.05, 0.1) is 162 Å². The van der Waals surface area contributed by atoms with Crippen LogP contribution in [0.5, 0.6) is 0 Å². The van der Waals surface area contributed by atoms with Gasteiger partial charge in [-0.15, -0.1) is 0 Å². The van der Waals surface area contributed by atoms with Gasteiger partial charge in [-0.3, -0.25) is 129 Å². The van der Waals surface area contributed by atoms with E-state index < -0.39 is 88.9 Å². The molecular weight excluding hydrogens is 2090 g/mol. The number of hydroxylamine groups is 20. The fourth-order valence-corrected chi connectivity index (χ4v) is 14.6. The van der Waals surface area contributed by atoms with Crippen LogP contribution in [0.25, 0.3) is 0 Å². The summed E-state index contributed by atoms with van der Waals surface area (Å²) in [4.78, 5) is 244. The van der Waals surface area contributed by atoms with Crippen molar-refractivity contribution in [3.05, 3.63) is 0 Å². The number of ether oxygens (including phenoxy) is 5. The summed E-state index contributed by atoms with van der Waals surface area (Å²) < 4.78 is 80.3. The van der Waals surface area contributed by atoms with E-state index >= 15 is 0 Å². The summed E-state index contributed by atoms with van der Waals surface area (Å²) in [6.07, 6.45) is -0.694. The highest BCUT2D eigenvalue weighted by atomic mass is 31.2. The molecule has 8 N–H and O–H groups in total. The maximum Gasteiger partial charge on any atom is 0.256 e. The van der Waals surface area contributed by atoms with Gasteiger partial charge >= 0.3 is 0 Å². The highest BCUT2D eigenvalue weighted by molar-refractivity contribution is 7.58. The zero-order chi connectivity index (χ0) is 116. The van der Waals surface area contributed by atoms with Crippen molar-refractivity contribution < 1.29 is 192 Å². The predicted molar refractivity (Wildman–Crippen MR) is 544 cm³/mol. The van der Waals surface area contributed by atoms with Gasteiger partial charge in [0.1, 0.15) is 77.0 Å². The van der Waals surface area contributed by atoms with Crippen LogP contribution in [0.15, 0.2) is 0 Å². The molecule has 10 saturated heterocycles. The van der Waals surface area contributed by atoms with Gasteiger partial charge < -0.3 is 88.0 Å². The third-order valence-electron chi connectivity index (χ3n) is 22.4. The summed E-state index contributed by atoms with van der Waals surface area (Å²) in [6, 6.07) is 0. The van der Waals surface area contributed by atoms with Gasteiger partial charge in [-0.05, 0) is 159 Å². The number of hydrogen-bond donors (Lipinski definition) is 8. The minimum atomic E-state index is -3.28. The second kappa shape index (κ2) is 64.8. The minimum absolute atomic E-state index is 0.00491. The van der Waals surface area contributed by atoms with Gasteiger partial charge in [0.2, 0.25) is 42.8 Å². The van der Waals surface area contributed by atoms with Crippen molar-refractivity contribution in [1.29, 1.82) is 0 Å². The topological polar surface area (TPSA) is 639 Å². The molecule has 55 nitrogen and oxygen atoms in total. The van der Waals surface area contributed by atoms with Crippen LogP contribution in [-0.2, 0) is 152 Å². The predicted octanol–water partition coefficient (Wildman–Crippen LogP) is 2.19. The SMILES string of the molecule is CC(OCN1OCC(C)(C)C1=O)P(C)(=O)O.CC(OCN1OCC(C)(C)C1=O)P(C)(=O)O.CC1CC(=O)N(COCP(C)(=O)O)O1.CC1CCON(CC(O)CN(C)C)C1=O.CC1CON(CC(O)CN(C)C)C1=O.CC1CON(COC(C)P(C)(=O)O)C1=O.CC1CON(COCP(C)(=O)O)C1=O.CC1ON(CC(=O)CN(C)C)C(=O)C1C.CN(C)CC(=O)CN1OCC(C)(C)C1=O.CN(C)CC(O)CN1OCCC(C)(C)C1=O. The number of ketones is 2. The number of nitrogens with zero attached hydrogens (tertiary/aromatic N) is 15. The third-order valence-corrected chi connectivity index (χ3v) is 28.2. The number of aliphatic hydroxyl groups excluding tert-OH is 3. The molecule has 876 valence electrons. The second-order valence-electron chi connectivity index (χ2n) is 42.6. The van der Waals surface area contributed by atoms with Crippen molar-refractivity contribution in [1.82, 2.24) is 75.1 Å². The Hall–Kier alpha value is -5.93. The lowest BCUT2D eigenvalue weighted by atomic mass is 9.87. The van der Waals surface area contributed by atoms with Crippen molar-refractivity contribution in [2.75, 3.05) is 268 Å². The summed E-state index contributed by atoms with van der Waals surface area (Å²) in [5, 5.41) is 40.6. The zero-order valence-electron chi connectivity index (χ0n) is 93.9. The van der Waals surface area contributed by atoms with Crippen LogP contribution in [0, 0.1) is 51.2 Å². The van der Waals surface area contributed by atoms with E-state index in [4.69, 9.17) is 86.7 Å². The summed E-state index contributed by atoms with van der Waals surface area (Å²) in [7, 11) is 2.35. The number of amides is 10. The number of likely N-dealkylation sites (N-methyl/N-ethyl adjacent to an activating group) is 5. The Morgan fingerprint density at radius 1 is 0.373 bits per heavy atom. The first-order chi connectivity index (χ1) is 68.5. The smallest absolute Gasteiger partial charge is 0.256 e. The molecule has 60 heteroatoms. The average molecular weight is 2260 g/mol. The molecule has 0 spiro atoms. The first kappa shape index (κ1) is 142. The number of Topliss-reactive ketones (excluding diaryl/α,β-unsaturated/α-hetero) is 2. The Labute approximate surface area is 882 Å². The Morgan fingerprint density at radius 2 is 0.680 bits per heavy atom. The Morgan fingerprint density at radius 3 is 0.980 bits per heavy atom. The summed E-state index contributed by atoms with van der Waals surface area (Å²) in [6.45, 7) is 43.3. The number of carbonyl (C=O) groups excluding carboxylic acids is 12. The van der Waals surface area contributed by atoms with Gasteiger partial charge in [-0.1, -0.05) is 48.5 Å². The van der Waals surface area contributed by atoms with E-state index in [-0.39, 0.29) is 197 Å². The molecule has 10 fully saturated rings. The Balaban J connectivity index is 0.000000834. The van der Waals surface area contributed by atoms with Crippen molar-refractivity contribution in [2.45, 2.75) is 192 Å². The monoisotopic (exact) mass is 2260 g/mol. The van der Waals surface area contributed by atoms with Gasteiger partial charge in [0.25, 0.3) is 53.2 Å². The molecule has 0 aromatic rings. The standard InChI is InChI=1S/C11H22N2O3.2C10H18N2O3.C10H20N2O3.C9H18N2O3.2C9H18NO5P.C8H16NO5P.2C7H14NO5P/c1-11(2)5-6-16-13(10(11)15)8-9(14)7-12(3)4;1-10(2)7-15-12(9(10)14)6-8(13)5-11(3)4;1-7-8(2)15-12(10(7)14)6-9(13)5-11(3)4;1-8-4-5-15-12(10(8)14)7-9(13)6-11(2)3;1-7-6-14-11(9(7)13)5-8(12)4-10(2)3;2*1-7(16(4,12)13)14-6-10-8(11)9(2,3)5-15-10;1-6-4-14-9(8(6)10)5-13-7(2)15(3,11)12;1-6-3-13-8(7(6)9)4-12-5-14(2,10)11;1-6-3-7(9)8(13-6)4-12-5-14(2,10)11/h9,14H,5-8H2,1-4H3;5-7H2,1-4H3;7-8H,5-6H2,1-4H3;8-9,13H,4-7H2,1-3H3;7-8,12H,4-6H2,1-3H3;2*7H,5-6H2,1-4H3,(H,12,13);6-7H,4-5H2,1-3H3,(H,11,12);2*6H,3-5H2,1-2H3,(H,10,11). The summed E-state index contributed by atoms with van der Waals surface area (Å²) in [5.74, 6) is -4.21. The normalized spacial score (nSPS) is 25.1. The average Bonchev–Trinajstić information content (AvgIpc) is 1.56. The number of hydrogen-bond acceptors (Lipinski definition) is 40. The molecular formula is C90H176N15O40P5. The molecule has 10 heterocycles. The lowest BCUT2D eigenvalue weighted by Crippen LogP contribution is -2.50. The van der Waals surface area contributed by atoms with Crippen LogP contribution >= 0.6 is 36.8 Å². The molecule has 10 amide bonds. The molecule has 18 unspecified atom stereocenters. The van der Waals surface area contributed by atoms with Gasteiger partial charge in [0.15, 0.2) is 11.6 Å². The fraction of sp³-hybridized carbons (Fsp3) is 0.867. The lowest BCUT2D eigenvalue weighted by molar-refractivity contribution is -0.221. The van der Waals surface area contributed by atoms with Crippen molar-refractivity contribution in [3.8, 4) is 0 Å². The number of carbonyl (C=O) groups is 12. The van der Waals surface area contributed by atoms with E-state index in [0.717, 1.165) is 38.2 Å². The molecule has 0 saturated carbocycles. The van der Waals surface area contributed by atoms with Gasteiger partial charge in [-0.25, -0.2) is 25.3 Å². The first-order valence-corrected chi connectivity index (χ1v) is 59.9. The Kier molecular flexibility index (Phi) is 61.4. The largest absolute Gasteiger partial charge is 0.390 e. The molecule has 0 aliphatic carbocycles. The molecule has 150 heavy (non-hydrogen) atoms. The molecule has 10 aliphatic rings. The van der Waals surface area contributed by atoms with Crippen molar-refractivity contribution in [2.24, 2.45) is 51.2 Å². The number of rotatable bonds is 40. The number of β-amino-alcohol motifs (C(OH)–C–C–N with tert-alkyl or cyclic N) is 3. The zero-order valence-corrected chi connectivity index (χ0v) is 98.4. The van der Waals surface area contributed by atoms with E-state index in [1.54, 1.807) is 58.3 Å². The van der Waals surface area contributed by atoms with Crippen LogP contribution in [-0.4, -0.2) is 502 Å². The van der Waals surface area contributed by atoms with Crippen LogP contribution in [0.1, 0.15) is 144 Å². The second-order valence-corrected chi connectivity index (χ2v) is 55.1. The highest BCUT2D eigenvalue weighted by Gasteiger charge is 2.46. The third kappa shape index (κ3) is 54.8. The van der Waals surface area contributed by atoms with Crippen LogP contribution in [0.2, 0.25) is 0 Å². The first-order valence-electron chi connectivity index (χ1n) is 48.8. The van der Waals surface area contributed by atoms with E-state index in [2.05, 4.69) is 0 Å². The molecule has 18 atom stereocenters.